The third-order valence-electron chi connectivity index (χ3n) is 6.17. The number of benzene rings is 1. The van der Waals surface area contributed by atoms with Gasteiger partial charge in [-0.25, -0.2) is 9.97 Å². The number of rotatable bonds is 5. The molecule has 3 fully saturated rings. The number of hydrogen-bond donors (Lipinski definition) is 3. The van der Waals surface area contributed by atoms with Gasteiger partial charge in [-0.2, -0.15) is 0 Å². The predicted molar refractivity (Wildman–Crippen MR) is 120 cm³/mol. The summed E-state index contributed by atoms with van der Waals surface area (Å²) < 4.78 is 12.1. The number of hydrogen-bond acceptors (Lipinski definition) is 6. The van der Waals surface area contributed by atoms with Crippen molar-refractivity contribution in [3.63, 3.8) is 0 Å². The molecule has 3 heterocycles. The van der Waals surface area contributed by atoms with E-state index in [1.807, 2.05) is 42.6 Å². The lowest BCUT2D eigenvalue weighted by atomic mass is 10.0. The van der Waals surface area contributed by atoms with E-state index in [0.717, 1.165) is 11.4 Å². The van der Waals surface area contributed by atoms with E-state index in [-0.39, 0.29) is 24.3 Å². The summed E-state index contributed by atoms with van der Waals surface area (Å²) in [5.41, 5.74) is 2.10. The SMILES string of the molecule is S=C(Nc1ccccc1)N[C@H]1CO[C@H]2[C@@H]1OC[C@@H]2Nc1nccc(C2CCCC2)n1. The first-order valence-corrected chi connectivity index (χ1v) is 11.1. The van der Waals surface area contributed by atoms with Crippen molar-refractivity contribution in [2.24, 2.45) is 0 Å². The lowest BCUT2D eigenvalue weighted by Gasteiger charge is -2.20. The number of nitrogens with one attached hydrogen (secondary N) is 3. The first-order chi connectivity index (χ1) is 14.8. The fourth-order valence-corrected chi connectivity index (χ4v) is 4.93. The Bertz CT molecular complexity index is 877. The summed E-state index contributed by atoms with van der Waals surface area (Å²) in [4.78, 5) is 9.19. The molecule has 30 heavy (non-hydrogen) atoms. The fraction of sp³-hybridized carbons (Fsp3) is 0.500. The molecule has 1 aliphatic carbocycles. The van der Waals surface area contributed by atoms with E-state index in [1.54, 1.807) is 0 Å². The van der Waals surface area contributed by atoms with E-state index in [0.29, 0.717) is 30.2 Å². The number of nitrogens with zero attached hydrogens (tertiary/aromatic N) is 2. The Morgan fingerprint density at radius 3 is 2.50 bits per heavy atom. The Kier molecular flexibility index (Phi) is 5.79. The predicted octanol–water partition coefficient (Wildman–Crippen LogP) is 3.07. The van der Waals surface area contributed by atoms with Gasteiger partial charge in [0.2, 0.25) is 5.95 Å². The van der Waals surface area contributed by atoms with Crippen LogP contribution in [-0.4, -0.2) is 52.6 Å². The summed E-state index contributed by atoms with van der Waals surface area (Å²) in [6, 6.07) is 12.0. The first kappa shape index (κ1) is 19.7. The van der Waals surface area contributed by atoms with Crippen LogP contribution in [0.5, 0.6) is 0 Å². The molecule has 3 aliphatic rings. The van der Waals surface area contributed by atoms with Crippen molar-refractivity contribution in [2.45, 2.75) is 55.9 Å². The molecule has 1 aromatic carbocycles. The number of anilines is 2. The third kappa shape index (κ3) is 4.26. The molecule has 2 aromatic rings. The van der Waals surface area contributed by atoms with E-state index in [2.05, 4.69) is 20.9 Å². The van der Waals surface area contributed by atoms with Gasteiger partial charge in [-0.05, 0) is 43.3 Å². The molecule has 1 saturated carbocycles. The second kappa shape index (κ2) is 8.83. The van der Waals surface area contributed by atoms with Gasteiger partial charge in [-0.1, -0.05) is 31.0 Å². The van der Waals surface area contributed by atoms with Gasteiger partial charge in [-0.3, -0.25) is 0 Å². The van der Waals surface area contributed by atoms with E-state index in [1.165, 1.54) is 25.7 Å². The van der Waals surface area contributed by atoms with Gasteiger partial charge >= 0.3 is 0 Å². The number of ether oxygens (including phenoxy) is 2. The summed E-state index contributed by atoms with van der Waals surface area (Å²) in [5, 5.41) is 10.6. The van der Waals surface area contributed by atoms with E-state index in [9.17, 15) is 0 Å². The number of para-hydroxylation sites is 1. The molecule has 4 atom stereocenters. The zero-order valence-electron chi connectivity index (χ0n) is 16.8. The maximum Gasteiger partial charge on any atom is 0.223 e. The number of thiocarbonyl (C=S) groups is 1. The van der Waals surface area contributed by atoms with Crippen LogP contribution >= 0.6 is 12.2 Å². The molecule has 2 aliphatic heterocycles. The monoisotopic (exact) mass is 425 g/mol. The van der Waals surface area contributed by atoms with Crippen molar-refractivity contribution in [3.8, 4) is 0 Å². The lowest BCUT2D eigenvalue weighted by molar-refractivity contribution is 0.0689. The second-order valence-corrected chi connectivity index (χ2v) is 8.61. The van der Waals surface area contributed by atoms with Crippen molar-refractivity contribution in [3.05, 3.63) is 48.3 Å². The molecular formula is C22H27N5O2S. The minimum absolute atomic E-state index is 0.0104. The van der Waals surface area contributed by atoms with E-state index in [4.69, 9.17) is 26.7 Å². The highest BCUT2D eigenvalue weighted by molar-refractivity contribution is 7.80. The summed E-state index contributed by atoms with van der Waals surface area (Å²) in [6.07, 6.45) is 6.77. The van der Waals surface area contributed by atoms with Crippen LogP contribution in [0.25, 0.3) is 0 Å². The van der Waals surface area contributed by atoms with Gasteiger partial charge in [-0.15, -0.1) is 0 Å². The first-order valence-electron chi connectivity index (χ1n) is 10.7. The van der Waals surface area contributed by atoms with Crippen LogP contribution < -0.4 is 16.0 Å². The zero-order chi connectivity index (χ0) is 20.3. The van der Waals surface area contributed by atoms with Crippen molar-refractivity contribution < 1.29 is 9.47 Å². The molecular weight excluding hydrogens is 398 g/mol. The Balaban J connectivity index is 1.18. The number of fused-ring (bicyclic) bond motifs is 1. The van der Waals surface area contributed by atoms with Crippen LogP contribution in [0.2, 0.25) is 0 Å². The average Bonchev–Trinajstić information content (AvgIpc) is 3.50. The second-order valence-electron chi connectivity index (χ2n) is 8.20. The largest absolute Gasteiger partial charge is 0.371 e. The number of aromatic nitrogens is 2. The molecule has 2 saturated heterocycles. The third-order valence-corrected chi connectivity index (χ3v) is 6.39. The normalized spacial score (nSPS) is 28.3. The highest BCUT2D eigenvalue weighted by Crippen LogP contribution is 2.33. The quantitative estimate of drug-likeness (QED) is 0.631. The fourth-order valence-electron chi connectivity index (χ4n) is 4.66. The Morgan fingerprint density at radius 2 is 1.70 bits per heavy atom. The molecule has 0 bridgehead atoms. The Morgan fingerprint density at radius 1 is 0.967 bits per heavy atom. The van der Waals surface area contributed by atoms with Crippen LogP contribution in [0, 0.1) is 0 Å². The standard InChI is InChI=1S/C22H27N5O2S/c30-22(24-15-8-2-1-3-9-15)27-18-13-29-19-17(12-28-20(18)19)26-21-23-11-10-16(25-21)14-6-4-5-7-14/h1-3,8-11,14,17-20H,4-7,12-13H2,(H,23,25,26)(H2,24,27,30)/t17-,18-,19+,20+/m0/s1. The minimum atomic E-state index is -0.0592. The van der Waals surface area contributed by atoms with Gasteiger partial charge in [0, 0.05) is 23.5 Å². The maximum atomic E-state index is 6.06. The smallest absolute Gasteiger partial charge is 0.223 e. The van der Waals surface area contributed by atoms with E-state index >= 15 is 0 Å². The highest BCUT2D eigenvalue weighted by Gasteiger charge is 2.48. The van der Waals surface area contributed by atoms with Crippen molar-refractivity contribution >= 4 is 29.0 Å². The summed E-state index contributed by atoms with van der Waals surface area (Å²) >= 11 is 5.46. The van der Waals surface area contributed by atoms with Crippen molar-refractivity contribution in [2.75, 3.05) is 23.8 Å². The van der Waals surface area contributed by atoms with Gasteiger partial charge in [0.25, 0.3) is 0 Å². The molecule has 8 heteroatoms. The highest BCUT2D eigenvalue weighted by atomic mass is 32.1. The average molecular weight is 426 g/mol. The molecule has 7 nitrogen and oxygen atoms in total. The summed E-state index contributed by atoms with van der Waals surface area (Å²) in [7, 11) is 0. The Hall–Kier alpha value is -2.29. The van der Waals surface area contributed by atoms with Gasteiger partial charge in [0.15, 0.2) is 5.11 Å². The molecule has 5 rings (SSSR count). The van der Waals surface area contributed by atoms with Gasteiger partial charge < -0.3 is 25.4 Å². The molecule has 1 aromatic heterocycles. The van der Waals surface area contributed by atoms with Gasteiger partial charge in [0.1, 0.15) is 12.2 Å². The van der Waals surface area contributed by atoms with Crippen LogP contribution in [0.3, 0.4) is 0 Å². The molecule has 0 radical (unpaired) electrons. The molecule has 0 unspecified atom stereocenters. The minimum Gasteiger partial charge on any atom is -0.371 e. The molecule has 158 valence electrons. The van der Waals surface area contributed by atoms with Crippen molar-refractivity contribution in [1.29, 1.82) is 0 Å². The Labute approximate surface area is 182 Å². The molecule has 0 amide bonds. The van der Waals surface area contributed by atoms with Crippen molar-refractivity contribution in [1.82, 2.24) is 15.3 Å². The van der Waals surface area contributed by atoms with Crippen LogP contribution in [0.15, 0.2) is 42.6 Å². The zero-order valence-corrected chi connectivity index (χ0v) is 17.6. The van der Waals surface area contributed by atoms with E-state index < -0.39 is 0 Å². The van der Waals surface area contributed by atoms with Gasteiger partial charge in [0.05, 0.1) is 25.3 Å². The summed E-state index contributed by atoms with van der Waals surface area (Å²) in [6.45, 7) is 1.11. The maximum absolute atomic E-state index is 6.06. The van der Waals surface area contributed by atoms with Crippen LogP contribution in [-0.2, 0) is 9.47 Å². The molecule has 0 spiro atoms. The molecule has 3 N–H and O–H groups in total. The van der Waals surface area contributed by atoms with Crippen LogP contribution in [0.1, 0.15) is 37.3 Å². The lowest BCUT2D eigenvalue weighted by Crippen LogP contribution is -2.46. The topological polar surface area (TPSA) is 80.3 Å². The summed E-state index contributed by atoms with van der Waals surface area (Å²) in [5.74, 6) is 1.23. The van der Waals surface area contributed by atoms with Crippen LogP contribution in [0.4, 0.5) is 11.6 Å².